The van der Waals surface area contributed by atoms with Crippen LogP contribution in [0, 0.1) is 6.92 Å². The first-order valence-corrected chi connectivity index (χ1v) is 6.35. The number of ether oxygens (including phenoxy) is 2. The maximum Gasteiger partial charge on any atom is 0.354 e. The van der Waals surface area contributed by atoms with Gasteiger partial charge in [-0.2, -0.15) is 4.98 Å². The van der Waals surface area contributed by atoms with Crippen molar-refractivity contribution in [1.82, 2.24) is 9.97 Å². The van der Waals surface area contributed by atoms with Gasteiger partial charge >= 0.3 is 12.0 Å². The van der Waals surface area contributed by atoms with E-state index in [9.17, 15) is 4.79 Å². The maximum atomic E-state index is 10.9. The Morgan fingerprint density at radius 3 is 2.58 bits per heavy atom. The van der Waals surface area contributed by atoms with Crippen LogP contribution in [-0.4, -0.2) is 39.4 Å². The Morgan fingerprint density at radius 1 is 1.37 bits per heavy atom. The summed E-state index contributed by atoms with van der Waals surface area (Å²) in [7, 11) is 0. The van der Waals surface area contributed by atoms with Crippen molar-refractivity contribution >= 4 is 5.97 Å². The van der Waals surface area contributed by atoms with Crippen LogP contribution in [-0.2, 0) is 4.74 Å². The summed E-state index contributed by atoms with van der Waals surface area (Å²) in [5.74, 6) is -1.08. The van der Waals surface area contributed by atoms with Crippen molar-refractivity contribution in [2.24, 2.45) is 0 Å². The zero-order valence-electron chi connectivity index (χ0n) is 11.3. The third kappa shape index (κ3) is 3.64. The van der Waals surface area contributed by atoms with Gasteiger partial charge in [-0.25, -0.2) is 9.78 Å². The van der Waals surface area contributed by atoms with Crippen molar-refractivity contribution in [1.29, 1.82) is 0 Å². The molecule has 2 unspecified atom stereocenters. The highest BCUT2D eigenvalue weighted by atomic mass is 16.5. The number of rotatable bonds is 3. The molecule has 19 heavy (non-hydrogen) atoms. The molecule has 1 fully saturated rings. The molecule has 1 aliphatic heterocycles. The Bertz CT molecular complexity index is 468. The molecule has 2 heterocycles. The number of aromatic carboxylic acids is 1. The van der Waals surface area contributed by atoms with Crippen LogP contribution in [0.4, 0.5) is 0 Å². The molecule has 0 amide bonds. The number of hydrogen-bond acceptors (Lipinski definition) is 5. The molecule has 0 bridgehead atoms. The average molecular weight is 266 g/mol. The van der Waals surface area contributed by atoms with Gasteiger partial charge in [0.2, 0.25) is 0 Å². The monoisotopic (exact) mass is 266 g/mol. The van der Waals surface area contributed by atoms with Crippen LogP contribution < -0.4 is 4.74 Å². The van der Waals surface area contributed by atoms with Crippen molar-refractivity contribution in [2.75, 3.05) is 0 Å². The molecule has 1 N–H and O–H groups in total. The van der Waals surface area contributed by atoms with Crippen molar-refractivity contribution in [2.45, 2.75) is 51.9 Å². The number of carboxylic acids is 1. The number of carbonyl (C=O) groups is 1. The highest BCUT2D eigenvalue weighted by Gasteiger charge is 2.26. The smallest absolute Gasteiger partial charge is 0.354 e. The molecule has 2 rings (SSSR count). The highest BCUT2D eigenvalue weighted by Crippen LogP contribution is 2.22. The summed E-state index contributed by atoms with van der Waals surface area (Å²) in [6.07, 6.45) is 1.71. The molecule has 1 saturated heterocycles. The third-order valence-corrected chi connectivity index (χ3v) is 2.98. The van der Waals surface area contributed by atoms with Gasteiger partial charge in [0.15, 0.2) is 5.69 Å². The Balaban J connectivity index is 2.12. The van der Waals surface area contributed by atoms with Crippen LogP contribution in [0.2, 0.25) is 0 Å². The molecule has 104 valence electrons. The van der Waals surface area contributed by atoms with Crippen LogP contribution in [0.5, 0.6) is 6.01 Å². The Kier molecular flexibility index (Phi) is 3.99. The normalized spacial score (nSPS) is 27.0. The number of carboxylic acid groups (broad SMARTS) is 1. The largest absolute Gasteiger partial charge is 0.477 e. The predicted molar refractivity (Wildman–Crippen MR) is 67.4 cm³/mol. The molecular weight excluding hydrogens is 248 g/mol. The molecule has 6 nitrogen and oxygen atoms in total. The molecule has 0 radical (unpaired) electrons. The highest BCUT2D eigenvalue weighted by molar-refractivity contribution is 5.85. The number of aromatic nitrogens is 2. The summed E-state index contributed by atoms with van der Waals surface area (Å²) in [6, 6.07) is 1.55. The van der Waals surface area contributed by atoms with E-state index in [-0.39, 0.29) is 30.0 Å². The summed E-state index contributed by atoms with van der Waals surface area (Å²) in [6.45, 7) is 5.70. The lowest BCUT2D eigenvalue weighted by Crippen LogP contribution is -2.36. The van der Waals surface area contributed by atoms with Crippen molar-refractivity contribution in [3.05, 3.63) is 17.5 Å². The van der Waals surface area contributed by atoms with Gasteiger partial charge in [0, 0.05) is 18.5 Å². The minimum Gasteiger partial charge on any atom is -0.477 e. The van der Waals surface area contributed by atoms with E-state index in [1.807, 2.05) is 13.8 Å². The number of aryl methyl sites for hydroxylation is 1. The van der Waals surface area contributed by atoms with Crippen molar-refractivity contribution in [3.8, 4) is 6.01 Å². The van der Waals surface area contributed by atoms with E-state index in [1.165, 1.54) is 6.07 Å². The Morgan fingerprint density at radius 2 is 2.00 bits per heavy atom. The van der Waals surface area contributed by atoms with E-state index in [2.05, 4.69) is 9.97 Å². The molecule has 6 heteroatoms. The van der Waals surface area contributed by atoms with Gasteiger partial charge < -0.3 is 14.6 Å². The first-order chi connectivity index (χ1) is 8.94. The first-order valence-electron chi connectivity index (χ1n) is 6.35. The van der Waals surface area contributed by atoms with Crippen molar-refractivity contribution in [3.63, 3.8) is 0 Å². The second-order valence-electron chi connectivity index (χ2n) is 4.95. The van der Waals surface area contributed by atoms with Crippen LogP contribution in [0.15, 0.2) is 6.07 Å². The van der Waals surface area contributed by atoms with Crippen LogP contribution in [0.3, 0.4) is 0 Å². The lowest BCUT2D eigenvalue weighted by atomic mass is 10.0. The summed E-state index contributed by atoms with van der Waals surface area (Å²) in [4.78, 5) is 19.0. The van der Waals surface area contributed by atoms with Gasteiger partial charge in [0.1, 0.15) is 6.10 Å². The lowest BCUT2D eigenvalue weighted by molar-refractivity contribution is -0.0739. The second-order valence-corrected chi connectivity index (χ2v) is 4.95. The van der Waals surface area contributed by atoms with Crippen LogP contribution in [0.1, 0.15) is 42.9 Å². The topological polar surface area (TPSA) is 81.5 Å². The summed E-state index contributed by atoms with van der Waals surface area (Å²) >= 11 is 0. The molecule has 1 aromatic heterocycles. The molecule has 1 aromatic rings. The zero-order chi connectivity index (χ0) is 14.0. The molecule has 0 spiro atoms. The minimum atomic E-state index is -1.08. The molecule has 1 aliphatic rings. The van der Waals surface area contributed by atoms with E-state index in [0.717, 1.165) is 12.8 Å². The third-order valence-electron chi connectivity index (χ3n) is 2.98. The molecule has 0 aliphatic carbocycles. The van der Waals surface area contributed by atoms with Gasteiger partial charge in [0.25, 0.3) is 0 Å². The SMILES string of the molecule is Cc1cc(C(=O)O)nc(OC2CC(C)OC(C)C2)n1. The van der Waals surface area contributed by atoms with E-state index in [4.69, 9.17) is 14.6 Å². The van der Waals surface area contributed by atoms with E-state index >= 15 is 0 Å². The molecule has 0 aromatic carbocycles. The van der Waals surface area contributed by atoms with Gasteiger partial charge in [-0.15, -0.1) is 0 Å². The van der Waals surface area contributed by atoms with Crippen LogP contribution >= 0.6 is 0 Å². The molecule has 2 atom stereocenters. The zero-order valence-corrected chi connectivity index (χ0v) is 11.3. The van der Waals surface area contributed by atoms with Gasteiger partial charge in [-0.05, 0) is 26.8 Å². The Labute approximate surface area is 111 Å². The fraction of sp³-hybridized carbons (Fsp3) is 0.615. The standard InChI is InChI=1S/C13H18N2O4/c1-7-4-11(12(16)17)15-13(14-7)19-10-5-8(2)18-9(3)6-10/h4,8-10H,5-6H2,1-3H3,(H,16,17). The minimum absolute atomic E-state index is 0.0396. The summed E-state index contributed by atoms with van der Waals surface area (Å²) < 4.78 is 11.3. The van der Waals surface area contributed by atoms with Crippen molar-refractivity contribution < 1.29 is 19.4 Å². The van der Waals surface area contributed by atoms with E-state index in [1.54, 1.807) is 6.92 Å². The van der Waals surface area contributed by atoms with Crippen LogP contribution in [0.25, 0.3) is 0 Å². The van der Waals surface area contributed by atoms with Gasteiger partial charge in [-0.1, -0.05) is 0 Å². The fourth-order valence-corrected chi connectivity index (χ4v) is 2.29. The maximum absolute atomic E-state index is 10.9. The van der Waals surface area contributed by atoms with E-state index < -0.39 is 5.97 Å². The predicted octanol–water partition coefficient (Wildman–Crippen LogP) is 1.82. The molecule has 0 saturated carbocycles. The van der Waals surface area contributed by atoms with Gasteiger partial charge in [0.05, 0.1) is 12.2 Å². The quantitative estimate of drug-likeness (QED) is 0.898. The van der Waals surface area contributed by atoms with Gasteiger partial charge in [-0.3, -0.25) is 0 Å². The summed E-state index contributed by atoms with van der Waals surface area (Å²) in [5, 5.41) is 8.96. The second kappa shape index (κ2) is 5.52. The Hall–Kier alpha value is -1.69. The number of hydrogen-bond donors (Lipinski definition) is 1. The first kappa shape index (κ1) is 13.7. The summed E-state index contributed by atoms with van der Waals surface area (Å²) in [5.41, 5.74) is 0.534. The molecular formula is C13H18N2O4. The lowest BCUT2D eigenvalue weighted by Gasteiger charge is -2.31. The van der Waals surface area contributed by atoms with E-state index in [0.29, 0.717) is 5.69 Å². The fourth-order valence-electron chi connectivity index (χ4n) is 2.29. The average Bonchev–Trinajstić information content (AvgIpc) is 2.26. The number of nitrogens with zero attached hydrogens (tertiary/aromatic N) is 2.